The summed E-state index contributed by atoms with van der Waals surface area (Å²) in [5.41, 5.74) is -0.0868. The second-order valence-corrected chi connectivity index (χ2v) is 12.8. The quantitative estimate of drug-likeness (QED) is 0.477. The molecule has 0 saturated carbocycles. The zero-order valence-corrected chi connectivity index (χ0v) is 22.0. The number of anilines is 3. The predicted molar refractivity (Wildman–Crippen MR) is 136 cm³/mol. The molecular weight excluding hydrogens is 541 g/mol. The molecule has 2 atom stereocenters. The summed E-state index contributed by atoms with van der Waals surface area (Å²) in [6.45, 7) is 3.78. The molecule has 14 heteroatoms. The lowest BCUT2D eigenvalue weighted by atomic mass is 9.91. The van der Waals surface area contributed by atoms with Gasteiger partial charge in [0.2, 0.25) is 5.95 Å². The van der Waals surface area contributed by atoms with Crippen molar-refractivity contribution >= 4 is 38.6 Å². The molecule has 4 aliphatic heterocycles. The van der Waals surface area contributed by atoms with Gasteiger partial charge in [-0.15, -0.1) is 11.3 Å². The highest BCUT2D eigenvalue weighted by atomic mass is 32.2. The molecule has 9 nitrogen and oxygen atoms in total. The Balaban J connectivity index is 1.34. The van der Waals surface area contributed by atoms with Crippen LogP contribution in [-0.2, 0) is 33.8 Å². The number of sulfone groups is 1. The van der Waals surface area contributed by atoms with Crippen LogP contribution in [0.25, 0.3) is 10.6 Å². The number of pyridine rings is 1. The Bertz CT molecular complexity index is 1480. The number of halogens is 3. The topological polar surface area (TPSA) is 109 Å². The molecule has 3 aromatic rings. The number of fused-ring (bicyclic) bond motifs is 3. The SMILES string of the molecule is CCc1nc(N2CC3CC(C2)N3)ccc1Nc1ncc(C(F)(F)F)c(-c2cc3c(s2)COCCS3(=O)=O)n1. The van der Waals surface area contributed by atoms with Gasteiger partial charge in [-0.3, -0.25) is 0 Å². The summed E-state index contributed by atoms with van der Waals surface area (Å²) in [4.78, 5) is 15.6. The standard InChI is InChI=1S/C24H25F3N6O3S2/c1-2-16-17(3-4-21(30-16)33-10-13-7-14(11-33)29-13)31-23-28-9-15(24(25,26)27)22(32-23)18-8-20-19(37-18)12-36-5-6-38(20,34)35/h3-4,8-9,13-14,29H,2,5-7,10-12H2,1H3,(H,28,31,32). The van der Waals surface area contributed by atoms with Crippen molar-refractivity contribution in [3.63, 3.8) is 0 Å². The van der Waals surface area contributed by atoms with E-state index in [1.165, 1.54) is 12.5 Å². The molecular formula is C24H25F3N6O3S2. The highest BCUT2D eigenvalue weighted by Crippen LogP contribution is 2.42. The van der Waals surface area contributed by atoms with Crippen LogP contribution in [0, 0.1) is 0 Å². The Labute approximate surface area is 221 Å². The minimum absolute atomic E-state index is 0.00477. The van der Waals surface area contributed by atoms with E-state index in [1.807, 2.05) is 19.1 Å². The minimum Gasteiger partial charge on any atom is -0.375 e. The number of aromatic nitrogens is 3. The first-order chi connectivity index (χ1) is 18.1. The van der Waals surface area contributed by atoms with Crippen LogP contribution in [0.3, 0.4) is 0 Å². The maximum Gasteiger partial charge on any atom is 0.420 e. The lowest BCUT2D eigenvalue weighted by Gasteiger charge is -2.48. The summed E-state index contributed by atoms with van der Waals surface area (Å²) in [6, 6.07) is 5.94. The Hall–Kier alpha value is -2.81. The Morgan fingerprint density at radius 1 is 1.24 bits per heavy atom. The summed E-state index contributed by atoms with van der Waals surface area (Å²) >= 11 is 0.933. The van der Waals surface area contributed by atoms with Crippen LogP contribution in [0.4, 0.5) is 30.6 Å². The van der Waals surface area contributed by atoms with Crippen molar-refractivity contribution in [2.75, 3.05) is 35.7 Å². The van der Waals surface area contributed by atoms with Gasteiger partial charge >= 0.3 is 6.18 Å². The van der Waals surface area contributed by atoms with E-state index in [1.54, 1.807) is 0 Å². The van der Waals surface area contributed by atoms with E-state index in [4.69, 9.17) is 9.72 Å². The Morgan fingerprint density at radius 3 is 2.71 bits per heavy atom. The molecule has 3 fully saturated rings. The Kier molecular flexibility index (Phi) is 6.32. The molecule has 0 aliphatic carbocycles. The number of hydrogen-bond acceptors (Lipinski definition) is 10. The summed E-state index contributed by atoms with van der Waals surface area (Å²) in [5.74, 6) is 0.598. The van der Waals surface area contributed by atoms with Crippen molar-refractivity contribution in [3.8, 4) is 10.6 Å². The van der Waals surface area contributed by atoms with Gasteiger partial charge in [-0.2, -0.15) is 13.2 Å². The first-order valence-electron chi connectivity index (χ1n) is 12.3. The largest absolute Gasteiger partial charge is 0.420 e. The van der Waals surface area contributed by atoms with E-state index >= 15 is 0 Å². The molecule has 0 amide bonds. The van der Waals surface area contributed by atoms with Crippen LogP contribution >= 0.6 is 11.3 Å². The van der Waals surface area contributed by atoms with Crippen LogP contribution in [0.1, 0.15) is 29.5 Å². The van der Waals surface area contributed by atoms with Crippen molar-refractivity contribution in [2.45, 2.75) is 49.5 Å². The highest BCUT2D eigenvalue weighted by Gasteiger charge is 2.38. The molecule has 38 heavy (non-hydrogen) atoms. The van der Waals surface area contributed by atoms with Crippen molar-refractivity contribution in [2.24, 2.45) is 0 Å². The molecule has 0 radical (unpaired) electrons. The second-order valence-electron chi connectivity index (χ2n) is 9.57. The molecule has 2 N–H and O–H groups in total. The fraction of sp³-hybridized carbons (Fsp3) is 0.458. The molecule has 2 unspecified atom stereocenters. The third-order valence-corrected chi connectivity index (χ3v) is 9.93. The first-order valence-corrected chi connectivity index (χ1v) is 14.7. The van der Waals surface area contributed by atoms with Crippen molar-refractivity contribution in [1.29, 1.82) is 0 Å². The minimum atomic E-state index is -4.73. The van der Waals surface area contributed by atoms with Gasteiger partial charge in [-0.25, -0.2) is 23.4 Å². The maximum absolute atomic E-state index is 13.9. The normalized spacial score (nSPS) is 22.4. The zero-order valence-electron chi connectivity index (χ0n) is 20.4. The monoisotopic (exact) mass is 566 g/mol. The molecule has 3 aromatic heterocycles. The number of rotatable bonds is 5. The number of nitrogens with zero attached hydrogens (tertiary/aromatic N) is 4. The molecule has 3 saturated heterocycles. The molecule has 0 spiro atoms. The smallest absolute Gasteiger partial charge is 0.375 e. The van der Waals surface area contributed by atoms with E-state index < -0.39 is 21.6 Å². The highest BCUT2D eigenvalue weighted by molar-refractivity contribution is 7.91. The van der Waals surface area contributed by atoms with Gasteiger partial charge in [-0.1, -0.05) is 6.92 Å². The van der Waals surface area contributed by atoms with E-state index in [-0.39, 0.29) is 40.4 Å². The van der Waals surface area contributed by atoms with Crippen LogP contribution in [-0.4, -0.2) is 60.9 Å². The fourth-order valence-electron chi connectivity index (χ4n) is 5.04. The molecule has 7 heterocycles. The average Bonchev–Trinajstić information content (AvgIpc) is 3.25. The van der Waals surface area contributed by atoms with Gasteiger partial charge in [0.05, 0.1) is 45.8 Å². The van der Waals surface area contributed by atoms with Crippen molar-refractivity contribution in [3.05, 3.63) is 40.5 Å². The number of hydrogen-bond donors (Lipinski definition) is 2. The molecule has 0 aromatic carbocycles. The maximum atomic E-state index is 13.9. The van der Waals surface area contributed by atoms with Crippen LogP contribution in [0.2, 0.25) is 0 Å². The van der Waals surface area contributed by atoms with Gasteiger partial charge in [0.1, 0.15) is 11.4 Å². The van der Waals surface area contributed by atoms with Crippen LogP contribution < -0.4 is 15.5 Å². The summed E-state index contributed by atoms with van der Waals surface area (Å²) in [5, 5.41) is 6.52. The molecule has 2 bridgehead atoms. The summed E-state index contributed by atoms with van der Waals surface area (Å²) in [6.07, 6.45) is -2.23. The molecule has 7 rings (SSSR count). The number of alkyl halides is 3. The van der Waals surface area contributed by atoms with Gasteiger partial charge in [0.25, 0.3) is 0 Å². The number of thiophene rings is 1. The van der Waals surface area contributed by atoms with Gasteiger partial charge in [0, 0.05) is 36.2 Å². The fourth-order valence-corrected chi connectivity index (χ4v) is 7.88. The van der Waals surface area contributed by atoms with E-state index in [0.717, 1.165) is 42.1 Å². The number of aryl methyl sites for hydroxylation is 1. The predicted octanol–water partition coefficient (Wildman–Crippen LogP) is 3.78. The van der Waals surface area contributed by atoms with Gasteiger partial charge in [-0.05, 0) is 31.0 Å². The number of piperidine rings is 1. The van der Waals surface area contributed by atoms with Crippen molar-refractivity contribution < 1.29 is 26.3 Å². The Morgan fingerprint density at radius 2 is 2.00 bits per heavy atom. The summed E-state index contributed by atoms with van der Waals surface area (Å²) < 4.78 is 72.3. The van der Waals surface area contributed by atoms with E-state index in [0.29, 0.717) is 29.1 Å². The lowest BCUT2D eigenvalue weighted by Crippen LogP contribution is -2.67. The zero-order chi connectivity index (χ0) is 26.7. The third kappa shape index (κ3) is 4.74. The number of piperazine rings is 1. The van der Waals surface area contributed by atoms with E-state index in [2.05, 4.69) is 25.5 Å². The molecule has 202 valence electrons. The number of nitrogens with one attached hydrogen (secondary N) is 2. The van der Waals surface area contributed by atoms with Crippen LogP contribution in [0.15, 0.2) is 29.3 Å². The second kappa shape index (κ2) is 9.43. The van der Waals surface area contributed by atoms with E-state index in [9.17, 15) is 21.6 Å². The summed E-state index contributed by atoms with van der Waals surface area (Å²) in [7, 11) is -3.67. The first kappa shape index (κ1) is 25.5. The van der Waals surface area contributed by atoms with Crippen molar-refractivity contribution in [1.82, 2.24) is 20.3 Å². The van der Waals surface area contributed by atoms with Crippen LogP contribution in [0.5, 0.6) is 0 Å². The van der Waals surface area contributed by atoms with Gasteiger partial charge < -0.3 is 20.3 Å². The lowest BCUT2D eigenvalue weighted by molar-refractivity contribution is -0.137. The number of ether oxygens (including phenoxy) is 1. The average molecular weight is 567 g/mol. The molecule has 4 aliphatic rings. The van der Waals surface area contributed by atoms with Gasteiger partial charge in [0.15, 0.2) is 9.84 Å². The third-order valence-electron chi connectivity index (χ3n) is 6.95.